The summed E-state index contributed by atoms with van der Waals surface area (Å²) in [7, 11) is 0. The van der Waals surface area contributed by atoms with Gasteiger partial charge in [0.1, 0.15) is 6.17 Å². The highest BCUT2D eigenvalue weighted by Crippen LogP contribution is 2.44. The van der Waals surface area contributed by atoms with Gasteiger partial charge in [0.15, 0.2) is 0 Å². The third-order valence-electron chi connectivity index (χ3n) is 4.83. The van der Waals surface area contributed by atoms with Gasteiger partial charge < -0.3 is 4.90 Å². The smallest absolute Gasteiger partial charge is 0.307 e. The maximum Gasteiger partial charge on any atom is 0.349 e. The van der Waals surface area contributed by atoms with Gasteiger partial charge in [-0.05, 0) is 18.6 Å². The van der Waals surface area contributed by atoms with Crippen molar-refractivity contribution in [1.82, 2.24) is 18.8 Å². The number of hydrogen-bond donors (Lipinski definition) is 0. The van der Waals surface area contributed by atoms with Crippen LogP contribution in [0.15, 0.2) is 52.1 Å². The molecule has 0 unspecified atom stereocenters. The molecule has 0 saturated heterocycles. The van der Waals surface area contributed by atoms with E-state index in [4.69, 9.17) is 0 Å². The van der Waals surface area contributed by atoms with Crippen LogP contribution in [0.1, 0.15) is 37.7 Å². The Hall–Kier alpha value is -2.83. The molecule has 5 rings (SSSR count). The number of hydrogen-bond acceptors (Lipinski definition) is 3. The molecule has 7 heteroatoms. The highest BCUT2D eigenvalue weighted by atomic mass is 16.2. The average Bonchev–Trinajstić information content (AvgIpc) is 2.87. The number of aromatic nitrogens is 3. The normalized spacial score (nSPS) is 24.2. The van der Waals surface area contributed by atoms with E-state index in [2.05, 4.69) is 0 Å². The Kier molecular flexibility index (Phi) is 3.13. The lowest BCUT2D eigenvalue weighted by atomic mass is 9.92. The summed E-state index contributed by atoms with van der Waals surface area (Å²) in [6.07, 6.45) is 3.17. The first-order valence-corrected chi connectivity index (χ1v) is 8.02. The van der Waals surface area contributed by atoms with E-state index in [0.29, 0.717) is 6.54 Å². The van der Waals surface area contributed by atoms with Crippen molar-refractivity contribution in [2.45, 2.75) is 38.6 Å². The van der Waals surface area contributed by atoms with E-state index in [9.17, 15) is 14.4 Å². The van der Waals surface area contributed by atoms with Crippen LogP contribution < -0.4 is 11.4 Å². The molecule has 0 spiro atoms. The molecule has 7 nitrogen and oxygen atoms in total. The summed E-state index contributed by atoms with van der Waals surface area (Å²) in [5.41, 5.74) is 0.243. The van der Waals surface area contributed by atoms with E-state index in [1.807, 2.05) is 42.5 Å². The Bertz CT molecular complexity index is 950. The fourth-order valence-corrected chi connectivity index (χ4v) is 3.84. The van der Waals surface area contributed by atoms with Crippen LogP contribution in [-0.2, 0) is 11.3 Å². The molecule has 1 aromatic carbocycles. The summed E-state index contributed by atoms with van der Waals surface area (Å²) in [5.74, 6) is -0.127. The molecular weight excluding hydrogens is 308 g/mol. The van der Waals surface area contributed by atoms with Gasteiger partial charge in [-0.2, -0.15) is 0 Å². The maximum absolute atomic E-state index is 12.7. The molecule has 3 aliphatic rings. The third-order valence-corrected chi connectivity index (χ3v) is 4.83. The number of benzene rings is 1. The zero-order chi connectivity index (χ0) is 17.0. The molecule has 0 saturated carbocycles. The van der Waals surface area contributed by atoms with Crippen LogP contribution in [0.4, 0.5) is 0 Å². The van der Waals surface area contributed by atoms with E-state index >= 15 is 0 Å². The van der Waals surface area contributed by atoms with E-state index in [1.165, 1.54) is 20.9 Å². The number of carbonyl (C=O) groups excluding carboxylic acids is 1. The number of nitrogens with zero attached hydrogens (tertiary/aromatic N) is 4. The Morgan fingerprint density at radius 2 is 1.71 bits per heavy atom. The highest BCUT2D eigenvalue weighted by molar-refractivity contribution is 5.75. The number of carbonyl (C=O) groups is 1. The van der Waals surface area contributed by atoms with Gasteiger partial charge in [0, 0.05) is 13.5 Å². The number of amides is 1. The molecule has 3 aliphatic heterocycles. The van der Waals surface area contributed by atoms with Gasteiger partial charge in [0.2, 0.25) is 5.91 Å². The molecule has 0 radical (unpaired) electrons. The minimum Gasteiger partial charge on any atom is -0.307 e. The molecular formula is C17H18N4O3. The first kappa shape index (κ1) is 14.7. The van der Waals surface area contributed by atoms with Gasteiger partial charge in [-0.15, -0.1) is 0 Å². The molecule has 2 aromatic rings. The van der Waals surface area contributed by atoms with Crippen molar-refractivity contribution in [3.63, 3.8) is 0 Å². The topological polar surface area (TPSA) is 69.2 Å². The van der Waals surface area contributed by atoms with Gasteiger partial charge in [-0.1, -0.05) is 36.4 Å². The lowest BCUT2D eigenvalue weighted by molar-refractivity contribution is -0.140. The molecule has 4 heterocycles. The van der Waals surface area contributed by atoms with Crippen LogP contribution in [0.2, 0.25) is 0 Å². The molecule has 24 heavy (non-hydrogen) atoms. The summed E-state index contributed by atoms with van der Waals surface area (Å²) in [4.78, 5) is 39.3. The van der Waals surface area contributed by atoms with E-state index < -0.39 is 12.2 Å². The third kappa shape index (κ3) is 1.75. The molecule has 124 valence electrons. The zero-order valence-electron chi connectivity index (χ0n) is 13.5. The van der Waals surface area contributed by atoms with Crippen molar-refractivity contribution in [1.29, 1.82) is 0 Å². The second-order valence-corrected chi connectivity index (χ2v) is 6.07. The van der Waals surface area contributed by atoms with Gasteiger partial charge in [0.05, 0.1) is 12.1 Å². The first-order valence-electron chi connectivity index (χ1n) is 8.02. The Morgan fingerprint density at radius 3 is 2.33 bits per heavy atom. The van der Waals surface area contributed by atoms with Crippen molar-refractivity contribution >= 4 is 5.91 Å². The van der Waals surface area contributed by atoms with Crippen LogP contribution in [0.5, 0.6) is 0 Å². The quantitative estimate of drug-likeness (QED) is 0.775. The monoisotopic (exact) mass is 326 g/mol. The molecule has 0 fully saturated rings. The zero-order valence-corrected chi connectivity index (χ0v) is 13.5. The summed E-state index contributed by atoms with van der Waals surface area (Å²) >= 11 is 0. The molecule has 3 atom stereocenters. The molecule has 1 aromatic heterocycles. The fourth-order valence-electron chi connectivity index (χ4n) is 3.84. The SMILES string of the molecule is CCn1c(=O)n2n(c1=O)[C@@H]1C=C[C@@H]2[C@H](c2ccccc2)N1C(C)=O. The molecule has 1 amide bonds. The minimum atomic E-state index is -0.578. The Balaban J connectivity index is 2.00. The van der Waals surface area contributed by atoms with Crippen LogP contribution in [0.3, 0.4) is 0 Å². The van der Waals surface area contributed by atoms with Crippen LogP contribution in [0, 0.1) is 0 Å². The molecule has 0 aliphatic carbocycles. The van der Waals surface area contributed by atoms with Crippen molar-refractivity contribution < 1.29 is 4.79 Å². The lowest BCUT2D eigenvalue weighted by Gasteiger charge is -2.48. The van der Waals surface area contributed by atoms with Crippen molar-refractivity contribution in [3.8, 4) is 0 Å². The Morgan fingerprint density at radius 1 is 1.04 bits per heavy atom. The van der Waals surface area contributed by atoms with E-state index in [1.54, 1.807) is 11.8 Å². The lowest BCUT2D eigenvalue weighted by Crippen LogP contribution is -2.54. The minimum absolute atomic E-state index is 0.127. The number of rotatable bonds is 2. The van der Waals surface area contributed by atoms with Gasteiger partial charge in [-0.25, -0.2) is 23.5 Å². The van der Waals surface area contributed by atoms with E-state index in [-0.39, 0.29) is 23.3 Å². The summed E-state index contributed by atoms with van der Waals surface area (Å²) in [6.45, 7) is 3.57. The van der Waals surface area contributed by atoms with Crippen LogP contribution >= 0.6 is 0 Å². The van der Waals surface area contributed by atoms with Gasteiger partial charge in [0.25, 0.3) is 0 Å². The number of fused-ring (bicyclic) bond motifs is 1. The standard InChI is InChI=1S/C17H18N4O3/c1-3-18-16(23)20-13-9-10-14(21(20)17(18)24)19(11(2)22)15(13)12-7-5-4-6-8-12/h4-10,13-15H,3H2,1-2H3/t13-,14-,15+/m1/s1. The molecule has 2 bridgehead atoms. The van der Waals surface area contributed by atoms with Gasteiger partial charge in [-0.3, -0.25) is 4.79 Å². The average molecular weight is 326 g/mol. The predicted octanol–water partition coefficient (Wildman–Crippen LogP) is 1.04. The summed E-state index contributed by atoms with van der Waals surface area (Å²) < 4.78 is 4.10. The first-order chi connectivity index (χ1) is 11.6. The van der Waals surface area contributed by atoms with Crippen molar-refractivity contribution in [3.05, 3.63) is 69.0 Å². The largest absolute Gasteiger partial charge is 0.349 e. The fraction of sp³-hybridized carbons (Fsp3) is 0.353. The second kappa shape index (κ2) is 5.09. The summed E-state index contributed by atoms with van der Waals surface area (Å²) in [5, 5.41) is 0. The van der Waals surface area contributed by atoms with Crippen LogP contribution in [0.25, 0.3) is 0 Å². The van der Waals surface area contributed by atoms with E-state index in [0.717, 1.165) is 5.56 Å². The molecule has 0 N–H and O–H groups in total. The van der Waals surface area contributed by atoms with Crippen molar-refractivity contribution in [2.75, 3.05) is 0 Å². The second-order valence-electron chi connectivity index (χ2n) is 6.07. The summed E-state index contributed by atoms with van der Waals surface area (Å²) in [6, 6.07) is 8.92. The maximum atomic E-state index is 12.7. The van der Waals surface area contributed by atoms with Crippen molar-refractivity contribution in [2.24, 2.45) is 0 Å². The highest BCUT2D eigenvalue weighted by Gasteiger charge is 2.46. The predicted molar refractivity (Wildman–Crippen MR) is 87.5 cm³/mol. The van der Waals surface area contributed by atoms with Crippen LogP contribution in [-0.4, -0.2) is 24.7 Å². The Labute approximate surface area is 138 Å². The van der Waals surface area contributed by atoms with Gasteiger partial charge >= 0.3 is 11.4 Å².